The van der Waals surface area contributed by atoms with E-state index >= 15 is 0 Å². The number of carbonyl (C=O) groups is 1. The summed E-state index contributed by atoms with van der Waals surface area (Å²) >= 11 is 6.74. The minimum absolute atomic E-state index is 0.112. The number of rotatable bonds is 7. The molecule has 0 saturated carbocycles. The first-order valence-corrected chi connectivity index (χ1v) is 13.7. The Hall–Kier alpha value is -2.79. The monoisotopic (exact) mass is 526 g/mol. The topological polar surface area (TPSA) is 75.5 Å². The number of hydrogen-bond acceptors (Lipinski definition) is 6. The van der Waals surface area contributed by atoms with Crippen LogP contribution in [0, 0.1) is 5.92 Å². The molecule has 1 aliphatic rings. The summed E-state index contributed by atoms with van der Waals surface area (Å²) in [5.41, 5.74) is 2.98. The quantitative estimate of drug-likeness (QED) is 0.330. The van der Waals surface area contributed by atoms with E-state index < -0.39 is 10.0 Å². The lowest BCUT2D eigenvalue weighted by atomic mass is 10.1. The van der Waals surface area contributed by atoms with Crippen LogP contribution in [0.2, 0.25) is 0 Å². The zero-order valence-electron chi connectivity index (χ0n) is 19.9. The smallest absolute Gasteiger partial charge is 0.266 e. The summed E-state index contributed by atoms with van der Waals surface area (Å²) in [7, 11) is -0.547. The summed E-state index contributed by atoms with van der Waals surface area (Å²) in [6.07, 6.45) is 3.68. The standard InChI is InChI=1S/C25H26N4O3S3/c1-17(2)15-28-24(30)22(34-25(28)33)14-19-16-29(20-8-6-5-7-9-20)26-23(19)18-10-12-21(13-11-18)35(31,32)27(3)4/h5-14,16-17H,15H2,1-4H3/b22-14+. The molecule has 35 heavy (non-hydrogen) atoms. The number of hydrogen-bond donors (Lipinski definition) is 0. The summed E-state index contributed by atoms with van der Waals surface area (Å²) in [6.45, 7) is 4.66. The molecule has 0 bridgehead atoms. The fourth-order valence-corrected chi connectivity index (χ4v) is 5.76. The molecule has 0 atom stereocenters. The Labute approximate surface area is 215 Å². The molecule has 182 valence electrons. The number of amides is 1. The van der Waals surface area contributed by atoms with Gasteiger partial charge in [0.1, 0.15) is 4.32 Å². The van der Waals surface area contributed by atoms with Crippen molar-refractivity contribution in [2.24, 2.45) is 5.92 Å². The van der Waals surface area contributed by atoms with Crippen molar-refractivity contribution in [3.8, 4) is 16.9 Å². The minimum atomic E-state index is -3.54. The normalized spacial score (nSPS) is 15.7. The molecule has 1 amide bonds. The Bertz CT molecular complexity index is 1390. The summed E-state index contributed by atoms with van der Waals surface area (Å²) in [4.78, 5) is 15.4. The van der Waals surface area contributed by atoms with E-state index in [1.165, 1.54) is 30.2 Å². The lowest BCUT2D eigenvalue weighted by Gasteiger charge is -2.16. The molecule has 3 aromatic rings. The van der Waals surface area contributed by atoms with Crippen molar-refractivity contribution in [3.63, 3.8) is 0 Å². The van der Waals surface area contributed by atoms with Crippen molar-refractivity contribution in [2.45, 2.75) is 18.7 Å². The Morgan fingerprint density at radius 2 is 1.74 bits per heavy atom. The summed E-state index contributed by atoms with van der Waals surface area (Å²) < 4.78 is 28.4. The molecule has 10 heteroatoms. The first-order chi connectivity index (χ1) is 16.6. The number of thioether (sulfide) groups is 1. The molecule has 0 aliphatic carbocycles. The van der Waals surface area contributed by atoms with Gasteiger partial charge in [0.15, 0.2) is 0 Å². The third kappa shape index (κ3) is 5.25. The third-order valence-electron chi connectivity index (χ3n) is 5.38. The van der Waals surface area contributed by atoms with Gasteiger partial charge in [0.2, 0.25) is 10.0 Å². The average molecular weight is 527 g/mol. The summed E-state index contributed by atoms with van der Waals surface area (Å²) in [6, 6.07) is 16.3. The predicted octanol–water partition coefficient (Wildman–Crippen LogP) is 4.65. The van der Waals surface area contributed by atoms with Crippen molar-refractivity contribution in [1.82, 2.24) is 19.0 Å². The average Bonchev–Trinajstić information content (AvgIpc) is 3.36. The SMILES string of the molecule is CC(C)CN1C(=O)/C(=C\c2cn(-c3ccccc3)nc2-c2ccc(S(=O)(=O)N(C)C)cc2)SC1=S. The van der Waals surface area contributed by atoms with Crippen LogP contribution in [0.5, 0.6) is 0 Å². The van der Waals surface area contributed by atoms with Gasteiger partial charge in [-0.15, -0.1) is 0 Å². The maximum atomic E-state index is 13.0. The molecule has 1 saturated heterocycles. The molecule has 2 heterocycles. The highest BCUT2D eigenvalue weighted by Crippen LogP contribution is 2.35. The lowest BCUT2D eigenvalue weighted by molar-refractivity contribution is -0.122. The molecule has 0 radical (unpaired) electrons. The molecular weight excluding hydrogens is 501 g/mol. The first kappa shape index (κ1) is 25.3. The van der Waals surface area contributed by atoms with Crippen molar-refractivity contribution in [1.29, 1.82) is 0 Å². The predicted molar refractivity (Wildman–Crippen MR) is 145 cm³/mol. The van der Waals surface area contributed by atoms with Crippen LogP contribution in [0.15, 0.2) is 70.6 Å². The molecule has 1 aromatic heterocycles. The maximum Gasteiger partial charge on any atom is 0.266 e. The Balaban J connectivity index is 1.78. The highest BCUT2D eigenvalue weighted by atomic mass is 32.2. The van der Waals surface area contributed by atoms with Gasteiger partial charge in [-0.3, -0.25) is 9.69 Å². The number of aromatic nitrogens is 2. The zero-order valence-corrected chi connectivity index (χ0v) is 22.3. The van der Waals surface area contributed by atoms with E-state index in [1.807, 2.05) is 56.5 Å². The number of sulfonamides is 1. The van der Waals surface area contributed by atoms with Gasteiger partial charge >= 0.3 is 0 Å². The van der Waals surface area contributed by atoms with Gasteiger partial charge in [0.05, 0.1) is 21.2 Å². The van der Waals surface area contributed by atoms with Crippen LogP contribution in [0.25, 0.3) is 23.0 Å². The lowest BCUT2D eigenvalue weighted by Crippen LogP contribution is -2.31. The summed E-state index contributed by atoms with van der Waals surface area (Å²) in [5.74, 6) is 0.185. The Morgan fingerprint density at radius 3 is 2.34 bits per heavy atom. The molecule has 2 aromatic carbocycles. The van der Waals surface area contributed by atoms with E-state index in [2.05, 4.69) is 0 Å². The number of para-hydroxylation sites is 1. The van der Waals surface area contributed by atoms with Crippen LogP contribution in [-0.4, -0.2) is 58.3 Å². The van der Waals surface area contributed by atoms with Crippen LogP contribution in [0.3, 0.4) is 0 Å². The zero-order chi connectivity index (χ0) is 25.3. The molecule has 1 aliphatic heterocycles. The van der Waals surface area contributed by atoms with Gasteiger partial charge < -0.3 is 0 Å². The molecule has 0 unspecified atom stereocenters. The van der Waals surface area contributed by atoms with E-state index in [0.717, 1.165) is 16.8 Å². The molecule has 0 N–H and O–H groups in total. The highest BCUT2D eigenvalue weighted by molar-refractivity contribution is 8.26. The second kappa shape index (κ2) is 10.1. The van der Waals surface area contributed by atoms with E-state index in [1.54, 1.807) is 33.8 Å². The van der Waals surface area contributed by atoms with Crippen LogP contribution in [0.4, 0.5) is 0 Å². The second-order valence-corrected chi connectivity index (χ2v) is 12.5. The molecular formula is C25H26N4O3S3. The Morgan fingerprint density at radius 1 is 1.09 bits per heavy atom. The fourth-order valence-electron chi connectivity index (χ4n) is 3.59. The van der Waals surface area contributed by atoms with Gasteiger partial charge in [-0.25, -0.2) is 17.4 Å². The van der Waals surface area contributed by atoms with Crippen molar-refractivity contribution >= 4 is 50.3 Å². The number of thiocarbonyl (C=S) groups is 1. The number of nitrogens with zero attached hydrogens (tertiary/aromatic N) is 4. The maximum absolute atomic E-state index is 13.0. The highest BCUT2D eigenvalue weighted by Gasteiger charge is 2.32. The van der Waals surface area contributed by atoms with Crippen molar-refractivity contribution in [2.75, 3.05) is 20.6 Å². The van der Waals surface area contributed by atoms with E-state index in [9.17, 15) is 13.2 Å². The van der Waals surface area contributed by atoms with Gasteiger partial charge in [-0.1, -0.05) is 68.2 Å². The van der Waals surface area contributed by atoms with Crippen LogP contribution in [0.1, 0.15) is 19.4 Å². The van der Waals surface area contributed by atoms with Gasteiger partial charge in [-0.2, -0.15) is 5.10 Å². The van der Waals surface area contributed by atoms with E-state index in [4.69, 9.17) is 17.3 Å². The largest absolute Gasteiger partial charge is 0.293 e. The Kier molecular flexibility index (Phi) is 7.27. The van der Waals surface area contributed by atoms with E-state index in [0.29, 0.717) is 27.4 Å². The molecule has 1 fully saturated rings. The minimum Gasteiger partial charge on any atom is -0.293 e. The van der Waals surface area contributed by atoms with Crippen molar-refractivity contribution in [3.05, 3.63) is 71.3 Å². The van der Waals surface area contributed by atoms with E-state index in [-0.39, 0.29) is 10.8 Å². The second-order valence-electron chi connectivity index (χ2n) is 8.71. The van der Waals surface area contributed by atoms with Gasteiger partial charge in [-0.05, 0) is 36.3 Å². The molecule has 7 nitrogen and oxygen atoms in total. The van der Waals surface area contributed by atoms with Crippen LogP contribution in [-0.2, 0) is 14.8 Å². The fraction of sp³-hybridized carbons (Fsp3) is 0.240. The van der Waals surface area contributed by atoms with Gasteiger partial charge in [0.25, 0.3) is 5.91 Å². The number of carbonyl (C=O) groups excluding carboxylic acids is 1. The summed E-state index contributed by atoms with van der Waals surface area (Å²) in [5, 5.41) is 4.78. The number of benzene rings is 2. The van der Waals surface area contributed by atoms with Crippen LogP contribution < -0.4 is 0 Å². The van der Waals surface area contributed by atoms with Gasteiger partial charge in [0, 0.05) is 38.0 Å². The first-order valence-electron chi connectivity index (χ1n) is 11.0. The third-order valence-corrected chi connectivity index (χ3v) is 8.58. The van der Waals surface area contributed by atoms with Crippen LogP contribution >= 0.6 is 24.0 Å². The molecule has 4 rings (SSSR count). The molecule has 0 spiro atoms. The van der Waals surface area contributed by atoms with Crippen molar-refractivity contribution < 1.29 is 13.2 Å².